The summed E-state index contributed by atoms with van der Waals surface area (Å²) in [6, 6.07) is 4.56. The molecule has 1 N–H and O–H groups in total. The zero-order valence-electron chi connectivity index (χ0n) is 14.0. The van der Waals surface area contributed by atoms with Crippen molar-refractivity contribution in [1.29, 1.82) is 0 Å². The monoisotopic (exact) mass is 390 g/mol. The first-order chi connectivity index (χ1) is 12.3. The Hall–Kier alpha value is -2.15. The number of hydrogen-bond donors (Lipinski definition) is 1. The highest BCUT2D eigenvalue weighted by molar-refractivity contribution is 6.19. The second-order valence-corrected chi connectivity index (χ2v) is 5.60. The Labute approximate surface area is 154 Å². The van der Waals surface area contributed by atoms with Crippen molar-refractivity contribution in [3.63, 3.8) is 0 Å². The second kappa shape index (κ2) is 10.8. The molecule has 8 heteroatoms. The number of benzene rings is 1. The van der Waals surface area contributed by atoms with Crippen LogP contribution >= 0.6 is 11.6 Å². The minimum absolute atomic E-state index is 0.0770. The first-order valence-corrected chi connectivity index (χ1v) is 8.30. The van der Waals surface area contributed by atoms with Gasteiger partial charge in [0.05, 0.1) is 11.1 Å². The molecule has 0 aliphatic carbocycles. The average Bonchev–Trinajstić information content (AvgIpc) is 2.61. The number of hydrogen-bond acceptors (Lipinski definition) is 2. The van der Waals surface area contributed by atoms with Crippen LogP contribution in [0.5, 0.6) is 0 Å². The van der Waals surface area contributed by atoms with E-state index in [1.54, 1.807) is 0 Å². The molecule has 0 aliphatic rings. The summed E-state index contributed by atoms with van der Waals surface area (Å²) in [6.07, 6.45) is -1.28. The van der Waals surface area contributed by atoms with Crippen molar-refractivity contribution in [2.45, 2.75) is 19.0 Å². The van der Waals surface area contributed by atoms with Crippen LogP contribution in [-0.4, -0.2) is 30.7 Å². The molecule has 0 atom stereocenters. The van der Waals surface area contributed by atoms with Gasteiger partial charge >= 0.3 is 6.18 Å². The van der Waals surface area contributed by atoms with Crippen LogP contribution in [0, 0.1) is 0 Å². The highest BCUT2D eigenvalue weighted by atomic mass is 35.5. The van der Waals surface area contributed by atoms with Gasteiger partial charge in [-0.25, -0.2) is 4.39 Å². The summed E-state index contributed by atoms with van der Waals surface area (Å²) in [4.78, 5) is 16.2. The molecule has 142 valence electrons. The van der Waals surface area contributed by atoms with Gasteiger partial charge in [-0.15, -0.1) is 11.6 Å². The first kappa shape index (κ1) is 21.9. The minimum Gasteiger partial charge on any atom is -0.352 e. The van der Waals surface area contributed by atoms with Crippen molar-refractivity contribution < 1.29 is 22.4 Å². The lowest BCUT2D eigenvalue weighted by Crippen LogP contribution is -2.28. The van der Waals surface area contributed by atoms with Gasteiger partial charge in [-0.2, -0.15) is 13.2 Å². The summed E-state index contributed by atoms with van der Waals surface area (Å²) in [7, 11) is 0. The van der Waals surface area contributed by atoms with Crippen molar-refractivity contribution in [2.24, 2.45) is 4.99 Å². The van der Waals surface area contributed by atoms with Gasteiger partial charge in [0.25, 0.3) is 5.91 Å². The molecule has 26 heavy (non-hydrogen) atoms. The lowest BCUT2D eigenvalue weighted by Gasteiger charge is -2.13. The maximum absolute atomic E-state index is 12.9. The van der Waals surface area contributed by atoms with E-state index >= 15 is 0 Å². The standard InChI is InChI=1S/C18H19ClF4N2O/c1-2-13(11-20)12-25-14(7-9-19)8-10-24-17(26)15-5-3-4-6-16(15)18(21,22)23/h2-6,12H,1,7-11H2,(H,24,26)/b13-12+,25-14?. The number of aliphatic imine (C=N–C) groups is 1. The number of carbonyl (C=O) groups is 1. The lowest BCUT2D eigenvalue weighted by atomic mass is 10.1. The maximum Gasteiger partial charge on any atom is 0.417 e. The molecule has 0 aliphatic heterocycles. The quantitative estimate of drug-likeness (QED) is 0.276. The summed E-state index contributed by atoms with van der Waals surface area (Å²) < 4.78 is 51.4. The Morgan fingerprint density at radius 1 is 1.27 bits per heavy atom. The first-order valence-electron chi connectivity index (χ1n) is 7.76. The Bertz CT molecular complexity index is 684. The third kappa shape index (κ3) is 7.00. The Morgan fingerprint density at radius 3 is 2.54 bits per heavy atom. The third-order valence-electron chi connectivity index (χ3n) is 3.39. The van der Waals surface area contributed by atoms with Crippen LogP contribution in [0.3, 0.4) is 0 Å². The second-order valence-electron chi connectivity index (χ2n) is 5.23. The summed E-state index contributed by atoms with van der Waals surface area (Å²) in [5.74, 6) is -0.550. The average molecular weight is 391 g/mol. The molecule has 3 nitrogen and oxygen atoms in total. The molecule has 0 aromatic heterocycles. The van der Waals surface area contributed by atoms with E-state index in [0.717, 1.165) is 12.1 Å². The van der Waals surface area contributed by atoms with Gasteiger partial charge in [0.2, 0.25) is 0 Å². The number of nitrogens with one attached hydrogen (secondary N) is 1. The van der Waals surface area contributed by atoms with Gasteiger partial charge in [0.15, 0.2) is 0 Å². The molecule has 0 heterocycles. The Balaban J connectivity index is 2.76. The molecule has 0 radical (unpaired) electrons. The fourth-order valence-corrected chi connectivity index (χ4v) is 2.24. The number of carbonyl (C=O) groups excluding carboxylic acids is 1. The van der Waals surface area contributed by atoms with Gasteiger partial charge in [-0.1, -0.05) is 24.8 Å². The van der Waals surface area contributed by atoms with E-state index in [2.05, 4.69) is 16.9 Å². The SMILES string of the molecule is C=C/C(=C\N=C(CCCl)CCNC(=O)c1ccccc1C(F)(F)F)CF. The molecule has 0 saturated heterocycles. The van der Waals surface area contributed by atoms with Gasteiger partial charge in [0.1, 0.15) is 6.67 Å². The maximum atomic E-state index is 12.9. The smallest absolute Gasteiger partial charge is 0.352 e. The fraction of sp³-hybridized carbons (Fsp3) is 0.333. The van der Waals surface area contributed by atoms with Crippen molar-refractivity contribution in [3.8, 4) is 0 Å². The van der Waals surface area contributed by atoms with Crippen LogP contribution in [0.4, 0.5) is 17.6 Å². The molecule has 0 saturated carbocycles. The van der Waals surface area contributed by atoms with Crippen LogP contribution in [-0.2, 0) is 6.18 Å². The zero-order valence-corrected chi connectivity index (χ0v) is 14.7. The number of amides is 1. The largest absolute Gasteiger partial charge is 0.417 e. The van der Waals surface area contributed by atoms with Crippen molar-refractivity contribution >= 4 is 23.2 Å². The predicted molar refractivity (Wildman–Crippen MR) is 95.4 cm³/mol. The van der Waals surface area contributed by atoms with Crippen LogP contribution in [0.25, 0.3) is 0 Å². The van der Waals surface area contributed by atoms with E-state index in [0.29, 0.717) is 17.7 Å². The minimum atomic E-state index is -4.61. The summed E-state index contributed by atoms with van der Waals surface area (Å²) >= 11 is 5.68. The normalized spacial score (nSPS) is 12.8. The number of alkyl halides is 5. The zero-order chi connectivity index (χ0) is 19.6. The molecule has 0 unspecified atom stereocenters. The highest BCUT2D eigenvalue weighted by Gasteiger charge is 2.34. The van der Waals surface area contributed by atoms with E-state index in [-0.39, 0.29) is 18.8 Å². The molecule has 0 bridgehead atoms. The van der Waals surface area contributed by atoms with Crippen molar-refractivity contribution in [2.75, 3.05) is 19.1 Å². The topological polar surface area (TPSA) is 41.5 Å². The lowest BCUT2D eigenvalue weighted by molar-refractivity contribution is -0.137. The van der Waals surface area contributed by atoms with Crippen LogP contribution in [0.15, 0.2) is 53.7 Å². The molecular weight excluding hydrogens is 372 g/mol. The number of allylic oxidation sites excluding steroid dienone is 2. The molecule has 0 fully saturated rings. The summed E-state index contributed by atoms with van der Waals surface area (Å²) in [5.41, 5.74) is -0.548. The molecule has 1 aromatic carbocycles. The number of halogens is 5. The highest BCUT2D eigenvalue weighted by Crippen LogP contribution is 2.31. The molecule has 1 amide bonds. The third-order valence-corrected chi connectivity index (χ3v) is 3.58. The van der Waals surface area contributed by atoms with E-state index in [4.69, 9.17) is 11.6 Å². The Kier molecular flexibility index (Phi) is 9.05. The molecular formula is C18H19ClF4N2O. The number of nitrogens with zero attached hydrogens (tertiary/aromatic N) is 1. The van der Waals surface area contributed by atoms with Gasteiger partial charge < -0.3 is 5.32 Å². The summed E-state index contributed by atoms with van der Waals surface area (Å²) in [6.45, 7) is 2.81. The van der Waals surface area contributed by atoms with E-state index in [9.17, 15) is 22.4 Å². The van der Waals surface area contributed by atoms with Gasteiger partial charge in [-0.05, 0) is 18.6 Å². The molecule has 1 rings (SSSR count). The van der Waals surface area contributed by atoms with Crippen molar-refractivity contribution in [1.82, 2.24) is 5.32 Å². The number of rotatable bonds is 9. The van der Waals surface area contributed by atoms with E-state index in [1.165, 1.54) is 24.4 Å². The van der Waals surface area contributed by atoms with Gasteiger partial charge in [-0.3, -0.25) is 9.79 Å². The van der Waals surface area contributed by atoms with Crippen LogP contribution < -0.4 is 5.32 Å². The van der Waals surface area contributed by atoms with E-state index in [1.807, 2.05) is 0 Å². The Morgan fingerprint density at radius 2 is 1.96 bits per heavy atom. The van der Waals surface area contributed by atoms with Crippen LogP contribution in [0.2, 0.25) is 0 Å². The fourth-order valence-electron chi connectivity index (χ4n) is 2.02. The van der Waals surface area contributed by atoms with Crippen molar-refractivity contribution in [3.05, 3.63) is 59.8 Å². The molecule has 0 spiro atoms. The van der Waals surface area contributed by atoms with Crippen LogP contribution in [0.1, 0.15) is 28.8 Å². The predicted octanol–water partition coefficient (Wildman–Crippen LogP) is 4.93. The van der Waals surface area contributed by atoms with E-state index < -0.39 is 29.9 Å². The van der Waals surface area contributed by atoms with Gasteiger partial charge in [0, 0.05) is 36.3 Å². The molecule has 1 aromatic rings. The summed E-state index contributed by atoms with van der Waals surface area (Å²) in [5, 5.41) is 2.44.